The van der Waals surface area contributed by atoms with Crippen LogP contribution in [-0.4, -0.2) is 74.2 Å². The summed E-state index contributed by atoms with van der Waals surface area (Å²) in [5.41, 5.74) is 1.15. The van der Waals surface area contributed by atoms with Crippen molar-refractivity contribution < 1.29 is 32.2 Å². The van der Waals surface area contributed by atoms with Gasteiger partial charge in [0.1, 0.15) is 17.7 Å². The molecule has 0 saturated heterocycles. The zero-order chi connectivity index (χ0) is 30.4. The quantitative estimate of drug-likeness (QED) is 0.361. The minimum absolute atomic E-state index is 0.0824. The number of urea groups is 1. The van der Waals surface area contributed by atoms with Gasteiger partial charge < -0.3 is 25.0 Å². The molecule has 3 aromatic carbocycles. The first-order chi connectivity index (χ1) is 20.0. The zero-order valence-corrected chi connectivity index (χ0v) is 24.5. The first kappa shape index (κ1) is 30.8. The SMILES string of the molecule is C[C@H](CO)N1C[C@H](C)[C@H](CN(C)C(=O)Nc2ccc(F)cc2)Oc2ccc(NS(=O)(=O)c3ccccc3)cc2CC1=O. The van der Waals surface area contributed by atoms with Gasteiger partial charge in [-0.25, -0.2) is 17.6 Å². The third-order valence-corrected chi connectivity index (χ3v) is 8.52. The summed E-state index contributed by atoms with van der Waals surface area (Å²) in [5, 5.41) is 12.6. The van der Waals surface area contributed by atoms with E-state index < -0.39 is 34.0 Å². The van der Waals surface area contributed by atoms with Crippen LogP contribution in [0.1, 0.15) is 19.4 Å². The van der Waals surface area contributed by atoms with Gasteiger partial charge in [-0.1, -0.05) is 25.1 Å². The maximum Gasteiger partial charge on any atom is 0.321 e. The van der Waals surface area contributed by atoms with Gasteiger partial charge in [0, 0.05) is 36.4 Å². The average Bonchev–Trinajstić information content (AvgIpc) is 3.01. The van der Waals surface area contributed by atoms with Crippen LogP contribution in [0.5, 0.6) is 5.75 Å². The molecule has 12 heteroatoms. The molecule has 3 N–H and O–H groups in total. The number of likely N-dealkylation sites (N-methyl/N-ethyl adjacent to an activating group) is 1. The van der Waals surface area contributed by atoms with Crippen molar-refractivity contribution in [2.24, 2.45) is 5.92 Å². The van der Waals surface area contributed by atoms with Crippen LogP contribution in [-0.2, 0) is 21.2 Å². The number of rotatable bonds is 8. The molecule has 0 unspecified atom stereocenters. The second-order valence-electron chi connectivity index (χ2n) is 10.4. The number of halogens is 1. The number of hydrogen-bond donors (Lipinski definition) is 3. The highest BCUT2D eigenvalue weighted by molar-refractivity contribution is 7.92. The molecule has 1 aliphatic heterocycles. The molecule has 3 amide bonds. The third kappa shape index (κ3) is 7.56. The Balaban J connectivity index is 1.61. The third-order valence-electron chi connectivity index (χ3n) is 7.12. The summed E-state index contributed by atoms with van der Waals surface area (Å²) in [4.78, 5) is 29.5. The molecule has 3 aromatic rings. The highest BCUT2D eigenvalue weighted by Gasteiger charge is 2.32. The molecule has 0 saturated carbocycles. The van der Waals surface area contributed by atoms with Gasteiger partial charge in [0.2, 0.25) is 5.91 Å². The van der Waals surface area contributed by atoms with E-state index in [1.54, 1.807) is 55.3 Å². The topological polar surface area (TPSA) is 128 Å². The first-order valence-corrected chi connectivity index (χ1v) is 15.0. The predicted molar refractivity (Wildman–Crippen MR) is 157 cm³/mol. The number of amides is 3. The average molecular weight is 599 g/mol. The number of aliphatic hydroxyl groups excluding tert-OH is 1. The summed E-state index contributed by atoms with van der Waals surface area (Å²) in [6.07, 6.45) is -0.653. The van der Waals surface area contributed by atoms with Crippen molar-refractivity contribution in [3.63, 3.8) is 0 Å². The van der Waals surface area contributed by atoms with Crippen LogP contribution in [0.25, 0.3) is 0 Å². The molecule has 0 radical (unpaired) electrons. The summed E-state index contributed by atoms with van der Waals surface area (Å²) in [6, 6.07) is 17.2. The van der Waals surface area contributed by atoms with Gasteiger partial charge in [0.25, 0.3) is 10.0 Å². The predicted octanol–water partition coefficient (Wildman–Crippen LogP) is 3.94. The minimum Gasteiger partial charge on any atom is -0.488 e. The second-order valence-corrected chi connectivity index (χ2v) is 12.1. The van der Waals surface area contributed by atoms with Crippen molar-refractivity contribution >= 4 is 33.3 Å². The number of aliphatic hydroxyl groups is 1. The van der Waals surface area contributed by atoms with Crippen LogP contribution in [0, 0.1) is 11.7 Å². The zero-order valence-electron chi connectivity index (χ0n) is 23.7. The fourth-order valence-corrected chi connectivity index (χ4v) is 5.70. The number of hydrogen-bond acceptors (Lipinski definition) is 6. The second kappa shape index (κ2) is 13.2. The minimum atomic E-state index is -3.87. The van der Waals surface area contributed by atoms with Gasteiger partial charge >= 0.3 is 6.03 Å². The normalized spacial score (nSPS) is 18.0. The van der Waals surface area contributed by atoms with E-state index in [-0.39, 0.29) is 48.5 Å². The number of nitrogens with zero attached hydrogens (tertiary/aromatic N) is 2. The first-order valence-electron chi connectivity index (χ1n) is 13.5. The Kier molecular flexibility index (Phi) is 9.69. The Morgan fingerprint density at radius 3 is 2.45 bits per heavy atom. The molecular formula is C30H35FN4O6S. The molecule has 0 spiro atoms. The molecule has 4 rings (SSSR count). The van der Waals surface area contributed by atoms with E-state index in [4.69, 9.17) is 4.74 Å². The molecule has 42 heavy (non-hydrogen) atoms. The van der Waals surface area contributed by atoms with E-state index >= 15 is 0 Å². The fourth-order valence-electron chi connectivity index (χ4n) is 4.63. The van der Waals surface area contributed by atoms with Crippen molar-refractivity contribution in [3.05, 3.63) is 84.2 Å². The summed E-state index contributed by atoms with van der Waals surface area (Å²) < 4.78 is 48.1. The standard InChI is InChI=1S/C30H35FN4O6S/c1-20-17-35(21(2)19-36)29(37)16-22-15-25(33-42(39,40)26-7-5-4-6-8-26)13-14-27(22)41-28(20)18-34(3)30(38)32-24-11-9-23(31)10-12-24/h4-15,20-21,28,33,36H,16-19H2,1-3H3,(H,32,38)/t20-,21+,28-/m0/s1. The van der Waals surface area contributed by atoms with Crippen LogP contribution in [0.3, 0.4) is 0 Å². The lowest BCUT2D eigenvalue weighted by Gasteiger charge is -2.34. The highest BCUT2D eigenvalue weighted by atomic mass is 32.2. The fraction of sp³-hybridized carbons (Fsp3) is 0.333. The maximum atomic E-state index is 13.4. The number of fused-ring (bicyclic) bond motifs is 1. The monoisotopic (exact) mass is 598 g/mol. The van der Waals surface area contributed by atoms with E-state index in [0.29, 0.717) is 17.0 Å². The lowest BCUT2D eigenvalue weighted by Crippen LogP contribution is -2.48. The summed E-state index contributed by atoms with van der Waals surface area (Å²) in [6.45, 7) is 3.81. The van der Waals surface area contributed by atoms with E-state index in [1.165, 1.54) is 41.3 Å². The highest BCUT2D eigenvalue weighted by Crippen LogP contribution is 2.30. The molecular weight excluding hydrogens is 563 g/mol. The molecule has 0 bridgehead atoms. The van der Waals surface area contributed by atoms with Crippen LogP contribution in [0.15, 0.2) is 77.7 Å². The lowest BCUT2D eigenvalue weighted by atomic mass is 10.0. The van der Waals surface area contributed by atoms with Crippen LogP contribution < -0.4 is 14.8 Å². The molecule has 1 heterocycles. The Labute approximate surface area is 245 Å². The van der Waals surface area contributed by atoms with E-state index in [2.05, 4.69) is 10.0 Å². The number of sulfonamides is 1. The van der Waals surface area contributed by atoms with Crippen LogP contribution in [0.2, 0.25) is 0 Å². The molecule has 1 aliphatic rings. The number of anilines is 2. The van der Waals surface area contributed by atoms with Gasteiger partial charge in [-0.2, -0.15) is 0 Å². The number of carbonyl (C=O) groups excluding carboxylic acids is 2. The smallest absolute Gasteiger partial charge is 0.321 e. The number of nitrogens with one attached hydrogen (secondary N) is 2. The van der Waals surface area contributed by atoms with Crippen molar-refractivity contribution in [1.82, 2.24) is 9.80 Å². The molecule has 0 fully saturated rings. The summed E-state index contributed by atoms with van der Waals surface area (Å²) in [7, 11) is -2.27. The molecule has 0 aliphatic carbocycles. The summed E-state index contributed by atoms with van der Waals surface area (Å²) in [5.74, 6) is -0.542. The van der Waals surface area contributed by atoms with Crippen molar-refractivity contribution in [2.75, 3.05) is 36.8 Å². The molecule has 10 nitrogen and oxygen atoms in total. The van der Waals surface area contributed by atoms with Crippen LogP contribution >= 0.6 is 0 Å². The van der Waals surface area contributed by atoms with E-state index in [1.807, 2.05) is 6.92 Å². The number of carbonyl (C=O) groups is 2. The van der Waals surface area contributed by atoms with E-state index in [0.717, 1.165) is 0 Å². The molecule has 0 aromatic heterocycles. The van der Waals surface area contributed by atoms with Gasteiger partial charge in [0.15, 0.2) is 0 Å². The number of ether oxygens (including phenoxy) is 1. The molecule has 3 atom stereocenters. The Morgan fingerprint density at radius 1 is 1.12 bits per heavy atom. The summed E-state index contributed by atoms with van der Waals surface area (Å²) >= 11 is 0. The Bertz CT molecular complexity index is 1500. The van der Waals surface area contributed by atoms with Crippen molar-refractivity contribution in [3.8, 4) is 5.75 Å². The van der Waals surface area contributed by atoms with Gasteiger partial charge in [0.05, 0.1) is 30.5 Å². The van der Waals surface area contributed by atoms with Crippen molar-refractivity contribution in [2.45, 2.75) is 37.3 Å². The van der Waals surface area contributed by atoms with E-state index in [9.17, 15) is 27.5 Å². The van der Waals surface area contributed by atoms with Gasteiger partial charge in [-0.05, 0) is 61.5 Å². The van der Waals surface area contributed by atoms with Gasteiger partial charge in [-0.3, -0.25) is 9.52 Å². The maximum absolute atomic E-state index is 13.4. The lowest BCUT2D eigenvalue weighted by molar-refractivity contribution is -0.134. The van der Waals surface area contributed by atoms with Gasteiger partial charge in [-0.15, -0.1) is 0 Å². The number of benzene rings is 3. The molecule has 224 valence electrons. The Hall–Kier alpha value is -4.16. The largest absolute Gasteiger partial charge is 0.488 e. The van der Waals surface area contributed by atoms with Crippen molar-refractivity contribution in [1.29, 1.82) is 0 Å². The van der Waals surface area contributed by atoms with Crippen LogP contribution in [0.4, 0.5) is 20.6 Å². The Morgan fingerprint density at radius 2 is 1.79 bits per heavy atom.